The van der Waals surface area contributed by atoms with Gasteiger partial charge < -0.3 is 9.84 Å². The van der Waals surface area contributed by atoms with Crippen LogP contribution in [0.25, 0.3) is 0 Å². The minimum Gasteiger partial charge on any atom is -0.861 e. The number of halogens is 3. The normalized spacial score (nSPS) is 33.7. The van der Waals surface area contributed by atoms with Gasteiger partial charge in [0.1, 0.15) is 5.60 Å². The first-order chi connectivity index (χ1) is 13.4. The van der Waals surface area contributed by atoms with E-state index in [0.29, 0.717) is 24.8 Å². The molecule has 0 radical (unpaired) electrons. The molecule has 2 atom stereocenters. The molecule has 1 aromatic rings. The van der Waals surface area contributed by atoms with Crippen molar-refractivity contribution in [2.45, 2.75) is 44.1 Å². The third-order valence-corrected chi connectivity index (χ3v) is 10.4. The van der Waals surface area contributed by atoms with E-state index in [2.05, 4.69) is 72.2 Å². The highest BCUT2D eigenvalue weighted by molar-refractivity contribution is 14.1. The monoisotopic (exact) mass is 754 g/mol. The third kappa shape index (κ3) is 4.45. The first kappa shape index (κ1) is 22.5. The van der Waals surface area contributed by atoms with Crippen LogP contribution >= 0.6 is 67.8 Å². The lowest BCUT2D eigenvalue weighted by Crippen LogP contribution is -2.61. The van der Waals surface area contributed by atoms with E-state index in [-0.39, 0.29) is 17.8 Å². The van der Waals surface area contributed by atoms with Crippen molar-refractivity contribution in [3.8, 4) is 0 Å². The summed E-state index contributed by atoms with van der Waals surface area (Å²) in [5.41, 5.74) is -0.987. The molecule has 10 heteroatoms. The fourth-order valence-electron chi connectivity index (χ4n) is 5.75. The summed E-state index contributed by atoms with van der Waals surface area (Å²) < 4.78 is 35.7. The van der Waals surface area contributed by atoms with Gasteiger partial charge in [0.25, 0.3) is 0 Å². The van der Waals surface area contributed by atoms with Crippen molar-refractivity contribution in [1.29, 1.82) is 0 Å². The number of nitrogens with zero attached hydrogens (tertiary/aromatic N) is 1. The first-order valence-electron chi connectivity index (χ1n) is 9.26. The Morgan fingerprint density at radius 1 is 1.17 bits per heavy atom. The van der Waals surface area contributed by atoms with E-state index in [1.165, 1.54) is 0 Å². The maximum absolute atomic E-state index is 13.1. The topological polar surface area (TPSA) is 95.9 Å². The molecule has 4 aliphatic carbocycles. The zero-order chi connectivity index (χ0) is 21.2. The van der Waals surface area contributed by atoms with Crippen LogP contribution in [0.4, 0.5) is 0 Å². The number of carbonyl (C=O) groups is 1. The van der Waals surface area contributed by atoms with E-state index in [1.54, 1.807) is 0 Å². The molecule has 4 aliphatic rings. The van der Waals surface area contributed by atoms with Crippen LogP contribution in [0, 0.1) is 28.0 Å². The van der Waals surface area contributed by atoms with E-state index < -0.39 is 26.9 Å². The number of esters is 1. The Morgan fingerprint density at radius 3 is 2.38 bits per heavy atom. The van der Waals surface area contributed by atoms with Crippen molar-refractivity contribution >= 4 is 89.7 Å². The summed E-state index contributed by atoms with van der Waals surface area (Å²) in [6, 6.07) is 3.83. The van der Waals surface area contributed by atoms with Crippen LogP contribution in [0.2, 0.25) is 0 Å². The Labute approximate surface area is 211 Å². The number of hydrogen-bond acceptors (Lipinski definition) is 5. The summed E-state index contributed by atoms with van der Waals surface area (Å²) in [5, 5.41) is 12.9. The van der Waals surface area contributed by atoms with Crippen molar-refractivity contribution in [3.63, 3.8) is 0 Å². The summed E-state index contributed by atoms with van der Waals surface area (Å²) in [7, 11) is -3.75. The molecule has 0 saturated heterocycles. The lowest BCUT2D eigenvalue weighted by Gasteiger charge is -2.62. The summed E-state index contributed by atoms with van der Waals surface area (Å²) in [6.07, 6.45) is 5.07. The molecule has 6 nitrogen and oxygen atoms in total. The molecule has 0 heterocycles. The highest BCUT2D eigenvalue weighted by atomic mass is 127. The van der Waals surface area contributed by atoms with Crippen molar-refractivity contribution in [1.82, 2.24) is 0 Å². The Morgan fingerprint density at radius 2 is 1.79 bits per heavy atom. The molecule has 0 amide bonds. The van der Waals surface area contributed by atoms with Gasteiger partial charge in [-0.05, 0) is 136 Å². The minimum atomic E-state index is -3.75. The van der Waals surface area contributed by atoms with Crippen LogP contribution in [0.1, 0.15) is 48.9 Å². The second kappa shape index (κ2) is 7.71. The highest BCUT2D eigenvalue weighted by Gasteiger charge is 2.60. The number of benzene rings is 1. The second-order valence-corrected chi connectivity index (χ2v) is 13.8. The van der Waals surface area contributed by atoms with Crippen LogP contribution < -0.4 is 5.11 Å². The van der Waals surface area contributed by atoms with E-state index in [9.17, 15) is 18.3 Å². The quantitative estimate of drug-likeness (QED) is 0.154. The number of rotatable bonds is 4. The van der Waals surface area contributed by atoms with E-state index in [4.69, 9.17) is 4.74 Å². The maximum atomic E-state index is 13.1. The Hall–Kier alpha value is 0.300. The number of hydrogen-bond donors (Lipinski definition) is 0. The van der Waals surface area contributed by atoms with Gasteiger partial charge in [-0.1, -0.05) is 0 Å². The van der Waals surface area contributed by atoms with Gasteiger partial charge in [-0.15, -0.1) is 0 Å². The maximum Gasteiger partial charge on any atom is 0.339 e. The molecule has 158 valence electrons. The summed E-state index contributed by atoms with van der Waals surface area (Å²) in [5.74, 6) is -0.404. The van der Waals surface area contributed by atoms with Gasteiger partial charge in [-0.2, -0.15) is 4.40 Å². The van der Waals surface area contributed by atoms with Crippen molar-refractivity contribution in [3.05, 3.63) is 28.4 Å². The average molecular weight is 754 g/mol. The molecule has 29 heavy (non-hydrogen) atoms. The Balaban J connectivity index is 1.67. The molecular formula is C19H19I3NO5S-. The summed E-state index contributed by atoms with van der Waals surface area (Å²) in [6.45, 7) is 0. The molecule has 0 aliphatic heterocycles. The average Bonchev–Trinajstić information content (AvgIpc) is 2.54. The fraction of sp³-hybridized carbons (Fsp3) is 0.579. The van der Waals surface area contributed by atoms with Crippen LogP contribution in [-0.2, 0) is 14.8 Å². The largest absolute Gasteiger partial charge is 0.861 e. The predicted octanol–water partition coefficient (Wildman–Crippen LogP) is 3.71. The van der Waals surface area contributed by atoms with E-state index in [1.807, 2.05) is 12.1 Å². The van der Waals surface area contributed by atoms with E-state index >= 15 is 0 Å². The molecule has 1 aromatic carbocycles. The zero-order valence-electron chi connectivity index (χ0n) is 15.6. The highest BCUT2D eigenvalue weighted by Crippen LogP contribution is 2.63. The lowest BCUT2D eigenvalue weighted by atomic mass is 9.47. The molecule has 4 bridgehead atoms. The van der Waals surface area contributed by atoms with Crippen LogP contribution in [-0.4, -0.2) is 32.1 Å². The molecule has 4 saturated carbocycles. The van der Waals surface area contributed by atoms with Gasteiger partial charge in [-0.3, -0.25) is 0 Å². The zero-order valence-corrected chi connectivity index (χ0v) is 22.9. The second-order valence-electron chi connectivity index (χ2n) is 8.69. The predicted molar refractivity (Wildman–Crippen MR) is 132 cm³/mol. The number of carbonyl (C=O) groups excluding carboxylic acids is 1. The molecule has 0 aromatic heterocycles. The van der Waals surface area contributed by atoms with Gasteiger partial charge in [0, 0.05) is 16.1 Å². The van der Waals surface area contributed by atoms with Gasteiger partial charge in [0.2, 0.25) is 10.0 Å². The minimum absolute atomic E-state index is 0.262. The molecule has 0 N–H and O–H groups in total. The number of ether oxygens (including phenoxy) is 1. The SMILES string of the molecule is CS(=O)(=O)/N=C(/[O-])C12CC3CC(CC(OC(=O)c4cc(I)cc(I)c4I)(C3)C1)C2. The van der Waals surface area contributed by atoms with Crippen molar-refractivity contribution < 1.29 is 23.1 Å². The lowest BCUT2D eigenvalue weighted by molar-refractivity contribution is -0.250. The smallest absolute Gasteiger partial charge is 0.339 e. The third-order valence-electron chi connectivity index (χ3n) is 6.23. The summed E-state index contributed by atoms with van der Waals surface area (Å²) in [4.78, 5) is 13.1. The van der Waals surface area contributed by atoms with Gasteiger partial charge in [-0.25, -0.2) is 13.2 Å². The molecule has 5 rings (SSSR count). The molecule has 4 fully saturated rings. The van der Waals surface area contributed by atoms with Crippen molar-refractivity contribution in [2.75, 3.05) is 6.26 Å². The molecular weight excluding hydrogens is 735 g/mol. The van der Waals surface area contributed by atoms with Gasteiger partial charge in [0.15, 0.2) is 0 Å². The Kier molecular flexibility index (Phi) is 5.98. The van der Waals surface area contributed by atoms with Gasteiger partial charge in [0.05, 0.1) is 11.8 Å². The van der Waals surface area contributed by atoms with E-state index in [0.717, 1.165) is 36.2 Å². The van der Waals surface area contributed by atoms with Crippen LogP contribution in [0.15, 0.2) is 16.5 Å². The van der Waals surface area contributed by atoms with Crippen molar-refractivity contribution in [2.24, 2.45) is 21.6 Å². The van der Waals surface area contributed by atoms with Crippen LogP contribution in [0.5, 0.6) is 0 Å². The standard InChI is InChI=1S/C19H20I3NO5S/c1-29(26,27)23-17(25)18-5-10-2-11(6-18)8-19(7-10,9-18)28-16(24)13-3-12(20)4-14(21)15(13)22/h3-4,10-11H,2,5-9H2,1H3,(H,23,25)/p-1. The van der Waals surface area contributed by atoms with Crippen LogP contribution in [0.3, 0.4) is 0 Å². The van der Waals surface area contributed by atoms with Gasteiger partial charge >= 0.3 is 5.97 Å². The molecule has 0 spiro atoms. The Bertz CT molecular complexity index is 1010. The molecule has 2 unspecified atom stereocenters. The fourth-order valence-corrected chi connectivity index (χ4v) is 8.62. The summed E-state index contributed by atoms with van der Waals surface area (Å²) >= 11 is 6.55. The number of sulfonamides is 1. The first-order valence-corrected chi connectivity index (χ1v) is 14.3.